The van der Waals surface area contributed by atoms with Crippen LogP contribution in [0.2, 0.25) is 0 Å². The van der Waals surface area contributed by atoms with Crippen LogP contribution in [0.4, 0.5) is 0 Å². The lowest BCUT2D eigenvalue weighted by atomic mass is 10.00. The molecule has 0 saturated carbocycles. The van der Waals surface area contributed by atoms with Crippen LogP contribution in [0.15, 0.2) is 118 Å². The van der Waals surface area contributed by atoms with Gasteiger partial charge in [-0.05, 0) is 13.8 Å². The standard InChI is InChI=1S/C26H22N8/c1-19(23-17-27-13-15-29-23)31-33-25(21-9-5-3-6-10-21)26(22-11-7-4-8-12-22)34-32-20(2)24-18-28-14-16-30-24/h3-18H,1-2H3/b31-19+,32-20+,33-25+,34-26+. The van der Waals surface area contributed by atoms with Gasteiger partial charge in [0.05, 0.1) is 23.8 Å². The molecule has 2 heterocycles. The van der Waals surface area contributed by atoms with Crippen molar-refractivity contribution in [3.63, 3.8) is 0 Å². The number of nitrogens with zero attached hydrogens (tertiary/aromatic N) is 8. The molecule has 2 aromatic carbocycles. The quantitative estimate of drug-likeness (QED) is 0.310. The van der Waals surface area contributed by atoms with Crippen LogP contribution >= 0.6 is 0 Å². The maximum absolute atomic E-state index is 4.61. The molecule has 34 heavy (non-hydrogen) atoms. The van der Waals surface area contributed by atoms with Gasteiger partial charge < -0.3 is 0 Å². The summed E-state index contributed by atoms with van der Waals surface area (Å²) in [6.07, 6.45) is 9.78. The second-order valence-corrected chi connectivity index (χ2v) is 7.18. The molecule has 2 aromatic heterocycles. The number of hydrogen-bond donors (Lipinski definition) is 0. The summed E-state index contributed by atoms with van der Waals surface area (Å²) >= 11 is 0. The molecule has 0 unspecified atom stereocenters. The third-order valence-electron chi connectivity index (χ3n) is 4.79. The Balaban J connectivity index is 1.85. The summed E-state index contributed by atoms with van der Waals surface area (Å²) in [6, 6.07) is 19.5. The first-order valence-corrected chi connectivity index (χ1v) is 10.6. The first-order chi connectivity index (χ1) is 16.7. The van der Waals surface area contributed by atoms with Crippen LogP contribution in [-0.2, 0) is 0 Å². The lowest BCUT2D eigenvalue weighted by Gasteiger charge is -2.09. The lowest BCUT2D eigenvalue weighted by molar-refractivity contribution is 1.14. The van der Waals surface area contributed by atoms with E-state index in [1.165, 1.54) is 0 Å². The van der Waals surface area contributed by atoms with Crippen molar-refractivity contribution in [2.24, 2.45) is 20.4 Å². The van der Waals surface area contributed by atoms with E-state index in [-0.39, 0.29) is 0 Å². The van der Waals surface area contributed by atoms with Crippen molar-refractivity contribution in [1.82, 2.24) is 19.9 Å². The van der Waals surface area contributed by atoms with Crippen LogP contribution in [0.3, 0.4) is 0 Å². The van der Waals surface area contributed by atoms with Crippen molar-refractivity contribution in [2.75, 3.05) is 0 Å². The Morgan fingerprint density at radius 2 is 0.941 bits per heavy atom. The van der Waals surface area contributed by atoms with Crippen LogP contribution < -0.4 is 0 Å². The van der Waals surface area contributed by atoms with Gasteiger partial charge in [-0.1, -0.05) is 60.7 Å². The van der Waals surface area contributed by atoms with E-state index in [0.29, 0.717) is 34.2 Å². The first kappa shape index (κ1) is 22.5. The van der Waals surface area contributed by atoms with E-state index in [2.05, 4.69) is 40.3 Å². The summed E-state index contributed by atoms with van der Waals surface area (Å²) in [7, 11) is 0. The van der Waals surface area contributed by atoms with Gasteiger partial charge in [0.25, 0.3) is 0 Å². The van der Waals surface area contributed by atoms with Crippen LogP contribution in [0.5, 0.6) is 0 Å². The fourth-order valence-electron chi connectivity index (χ4n) is 3.00. The maximum Gasteiger partial charge on any atom is 0.121 e. The van der Waals surface area contributed by atoms with Gasteiger partial charge in [-0.15, -0.1) is 10.2 Å². The average molecular weight is 447 g/mol. The predicted molar refractivity (Wildman–Crippen MR) is 134 cm³/mol. The molecule has 0 bridgehead atoms. The van der Waals surface area contributed by atoms with Crippen molar-refractivity contribution in [1.29, 1.82) is 0 Å². The third kappa shape index (κ3) is 5.74. The zero-order valence-corrected chi connectivity index (χ0v) is 18.8. The molecule has 0 aliphatic heterocycles. The van der Waals surface area contributed by atoms with Gasteiger partial charge >= 0.3 is 0 Å². The number of aromatic nitrogens is 4. The first-order valence-electron chi connectivity index (χ1n) is 10.6. The van der Waals surface area contributed by atoms with Crippen molar-refractivity contribution in [2.45, 2.75) is 13.8 Å². The molecule has 4 aromatic rings. The van der Waals surface area contributed by atoms with Gasteiger partial charge in [0.2, 0.25) is 0 Å². The summed E-state index contributed by atoms with van der Waals surface area (Å²) in [5.41, 5.74) is 5.42. The third-order valence-corrected chi connectivity index (χ3v) is 4.79. The molecule has 0 amide bonds. The Morgan fingerprint density at radius 1 is 0.529 bits per heavy atom. The van der Waals surface area contributed by atoms with Gasteiger partial charge in [-0.25, -0.2) is 0 Å². The molecule has 0 saturated heterocycles. The second-order valence-electron chi connectivity index (χ2n) is 7.18. The molecule has 0 N–H and O–H groups in total. The minimum Gasteiger partial charge on any atom is -0.261 e. The highest BCUT2D eigenvalue weighted by atomic mass is 15.2. The monoisotopic (exact) mass is 446 g/mol. The smallest absolute Gasteiger partial charge is 0.121 e. The van der Waals surface area contributed by atoms with Gasteiger partial charge in [0, 0.05) is 35.9 Å². The molecule has 0 spiro atoms. The van der Waals surface area contributed by atoms with Crippen LogP contribution in [0, 0.1) is 0 Å². The number of hydrogen-bond acceptors (Lipinski definition) is 8. The van der Waals surface area contributed by atoms with Crippen molar-refractivity contribution < 1.29 is 0 Å². The summed E-state index contributed by atoms with van der Waals surface area (Å²) in [4.78, 5) is 16.8. The van der Waals surface area contributed by atoms with Crippen LogP contribution in [0.1, 0.15) is 36.4 Å². The summed E-state index contributed by atoms with van der Waals surface area (Å²) in [5.74, 6) is 0. The zero-order chi connectivity index (χ0) is 23.6. The van der Waals surface area contributed by atoms with Gasteiger partial charge in [0.1, 0.15) is 22.8 Å². The topological polar surface area (TPSA) is 101 Å². The van der Waals surface area contributed by atoms with Gasteiger partial charge in [0.15, 0.2) is 0 Å². The average Bonchev–Trinajstić information content (AvgIpc) is 2.92. The molecule has 166 valence electrons. The van der Waals surface area contributed by atoms with Crippen molar-refractivity contribution in [3.8, 4) is 0 Å². The Kier molecular flexibility index (Phi) is 7.43. The van der Waals surface area contributed by atoms with Crippen molar-refractivity contribution in [3.05, 3.63) is 120 Å². The fourth-order valence-corrected chi connectivity index (χ4v) is 3.00. The minimum atomic E-state index is 0.575. The van der Waals surface area contributed by atoms with E-state index in [4.69, 9.17) is 0 Å². The van der Waals surface area contributed by atoms with E-state index in [1.54, 1.807) is 37.2 Å². The Bertz CT molecular complexity index is 1220. The summed E-state index contributed by atoms with van der Waals surface area (Å²) in [5, 5.41) is 18.1. The van der Waals surface area contributed by atoms with Crippen LogP contribution in [0.25, 0.3) is 0 Å². The van der Waals surface area contributed by atoms with E-state index in [9.17, 15) is 0 Å². The SMILES string of the molecule is C\C(=N/N=C(/C(=N/N=C(\C)c1cnccn1)c1ccccc1)c1ccccc1)c1cnccn1. The molecule has 0 atom stereocenters. The molecular weight excluding hydrogens is 424 g/mol. The molecule has 0 fully saturated rings. The summed E-state index contributed by atoms with van der Waals surface area (Å²) in [6.45, 7) is 3.68. The van der Waals surface area contributed by atoms with E-state index in [0.717, 1.165) is 11.1 Å². The molecule has 8 nitrogen and oxygen atoms in total. The van der Waals surface area contributed by atoms with Gasteiger partial charge in [-0.3, -0.25) is 19.9 Å². The molecule has 8 heteroatoms. The summed E-state index contributed by atoms with van der Waals surface area (Å²) < 4.78 is 0. The minimum absolute atomic E-state index is 0.575. The molecule has 0 aliphatic rings. The highest BCUT2D eigenvalue weighted by Crippen LogP contribution is 2.12. The normalized spacial score (nSPS) is 13.1. The van der Waals surface area contributed by atoms with E-state index in [1.807, 2.05) is 74.5 Å². The Hall–Kier alpha value is -4.72. The Morgan fingerprint density at radius 3 is 1.29 bits per heavy atom. The highest BCUT2D eigenvalue weighted by molar-refractivity contribution is 6.53. The van der Waals surface area contributed by atoms with E-state index >= 15 is 0 Å². The molecule has 4 rings (SSSR count). The van der Waals surface area contributed by atoms with Crippen LogP contribution in [-0.4, -0.2) is 42.8 Å². The zero-order valence-electron chi connectivity index (χ0n) is 18.8. The second kappa shape index (κ2) is 11.2. The van der Waals surface area contributed by atoms with Gasteiger partial charge in [-0.2, -0.15) is 10.2 Å². The molecule has 0 radical (unpaired) electrons. The largest absolute Gasteiger partial charge is 0.261 e. The number of benzene rings is 2. The molecule has 0 aliphatic carbocycles. The number of rotatable bonds is 7. The fraction of sp³-hybridized carbons (Fsp3) is 0.0769. The van der Waals surface area contributed by atoms with E-state index < -0.39 is 0 Å². The lowest BCUT2D eigenvalue weighted by Crippen LogP contribution is -2.17. The van der Waals surface area contributed by atoms with Crippen molar-refractivity contribution >= 4 is 22.8 Å². The maximum atomic E-state index is 4.61. The predicted octanol–water partition coefficient (Wildman–Crippen LogP) is 4.39. The molecular formula is C26H22N8. The Labute approximate surface area is 197 Å². The highest BCUT2D eigenvalue weighted by Gasteiger charge is 2.15.